The van der Waals surface area contributed by atoms with Crippen molar-refractivity contribution in [2.75, 3.05) is 4.90 Å². The van der Waals surface area contributed by atoms with Crippen molar-refractivity contribution in [2.45, 2.75) is 13.8 Å². The Hall–Kier alpha value is -1.69. The zero-order valence-electron chi connectivity index (χ0n) is 9.86. The van der Waals surface area contributed by atoms with E-state index < -0.39 is 23.3 Å². The van der Waals surface area contributed by atoms with Gasteiger partial charge in [-0.1, -0.05) is 12.1 Å². The molecule has 1 aromatic rings. The van der Waals surface area contributed by atoms with Crippen LogP contribution in [0.2, 0.25) is 0 Å². The lowest BCUT2D eigenvalue weighted by Gasteiger charge is -2.34. The van der Waals surface area contributed by atoms with Crippen molar-refractivity contribution in [1.29, 1.82) is 0 Å². The minimum absolute atomic E-state index is 0.417. The average Bonchev–Trinajstić information content (AvgIpc) is 2.30. The maximum atomic E-state index is 12.2. The van der Waals surface area contributed by atoms with Crippen molar-refractivity contribution in [1.82, 2.24) is 5.32 Å². The molecule has 0 radical (unpaired) electrons. The molecule has 1 N–H and O–H groups in total. The molecule has 0 atom stereocenters. The fraction of sp³-hybridized carbons (Fsp3) is 0.250. The number of anilines is 1. The van der Waals surface area contributed by atoms with E-state index in [9.17, 15) is 14.4 Å². The number of para-hydroxylation sites is 1. The van der Waals surface area contributed by atoms with Gasteiger partial charge in [0.1, 0.15) is 5.41 Å². The summed E-state index contributed by atoms with van der Waals surface area (Å²) in [5.74, 6) is -1.12. The minimum atomic E-state index is -1.26. The molecule has 0 saturated carbocycles. The summed E-state index contributed by atoms with van der Waals surface area (Å²) in [5, 5.41) is 2.18. The van der Waals surface area contributed by atoms with Crippen LogP contribution in [-0.2, 0) is 9.59 Å². The molecule has 1 saturated heterocycles. The SMILES string of the molecule is CC1(C)C(=O)NC(=O)N(c2ccccc2Br)C1=O. The number of urea groups is 1. The van der Waals surface area contributed by atoms with Gasteiger partial charge in [-0.25, -0.2) is 9.69 Å². The van der Waals surface area contributed by atoms with Crippen LogP contribution in [0.1, 0.15) is 13.8 Å². The number of rotatable bonds is 1. The smallest absolute Gasteiger partial charge is 0.276 e. The van der Waals surface area contributed by atoms with E-state index in [1.165, 1.54) is 13.8 Å². The number of amides is 4. The van der Waals surface area contributed by atoms with Crippen molar-refractivity contribution >= 4 is 39.5 Å². The monoisotopic (exact) mass is 310 g/mol. The molecule has 5 nitrogen and oxygen atoms in total. The van der Waals surface area contributed by atoms with Crippen LogP contribution in [0, 0.1) is 5.41 Å². The van der Waals surface area contributed by atoms with E-state index in [-0.39, 0.29) is 0 Å². The second kappa shape index (κ2) is 4.20. The molecule has 18 heavy (non-hydrogen) atoms. The Kier molecular flexibility index (Phi) is 2.98. The summed E-state index contributed by atoms with van der Waals surface area (Å²) in [4.78, 5) is 36.6. The zero-order chi connectivity index (χ0) is 13.5. The number of imide groups is 2. The maximum absolute atomic E-state index is 12.2. The quantitative estimate of drug-likeness (QED) is 0.807. The molecular formula is C12H11BrN2O3. The van der Waals surface area contributed by atoms with Crippen LogP contribution in [-0.4, -0.2) is 17.8 Å². The van der Waals surface area contributed by atoms with Crippen molar-refractivity contribution < 1.29 is 14.4 Å². The van der Waals surface area contributed by atoms with E-state index in [1.54, 1.807) is 24.3 Å². The number of barbiturate groups is 1. The molecule has 1 aromatic carbocycles. The molecule has 1 heterocycles. The normalized spacial score (nSPS) is 18.8. The zero-order valence-corrected chi connectivity index (χ0v) is 11.4. The molecule has 1 fully saturated rings. The molecule has 1 aliphatic heterocycles. The first kappa shape index (κ1) is 12.8. The molecule has 0 aromatic heterocycles. The highest BCUT2D eigenvalue weighted by atomic mass is 79.9. The first-order valence-electron chi connectivity index (χ1n) is 5.30. The number of nitrogens with zero attached hydrogens (tertiary/aromatic N) is 1. The van der Waals surface area contributed by atoms with E-state index in [1.807, 2.05) is 0 Å². The Balaban J connectivity index is 2.51. The molecule has 0 unspecified atom stereocenters. The van der Waals surface area contributed by atoms with Gasteiger partial charge >= 0.3 is 6.03 Å². The molecular weight excluding hydrogens is 300 g/mol. The highest BCUT2D eigenvalue weighted by molar-refractivity contribution is 9.10. The first-order valence-corrected chi connectivity index (χ1v) is 6.09. The number of nitrogens with one attached hydrogen (secondary N) is 1. The van der Waals surface area contributed by atoms with Gasteiger partial charge in [-0.2, -0.15) is 0 Å². The van der Waals surface area contributed by atoms with Crippen LogP contribution in [0.25, 0.3) is 0 Å². The number of halogens is 1. The van der Waals surface area contributed by atoms with E-state index in [0.717, 1.165) is 4.90 Å². The third-order valence-corrected chi connectivity index (χ3v) is 3.49. The Morgan fingerprint density at radius 2 is 1.78 bits per heavy atom. The van der Waals surface area contributed by atoms with Crippen molar-refractivity contribution in [3.63, 3.8) is 0 Å². The minimum Gasteiger partial charge on any atom is -0.276 e. The van der Waals surface area contributed by atoms with Crippen LogP contribution in [0.4, 0.5) is 10.5 Å². The van der Waals surface area contributed by atoms with Crippen LogP contribution in [0.15, 0.2) is 28.7 Å². The highest BCUT2D eigenvalue weighted by Gasteiger charge is 2.47. The summed E-state index contributed by atoms with van der Waals surface area (Å²) >= 11 is 3.28. The molecule has 2 rings (SSSR count). The maximum Gasteiger partial charge on any atom is 0.335 e. The van der Waals surface area contributed by atoms with Crippen LogP contribution in [0.5, 0.6) is 0 Å². The van der Waals surface area contributed by atoms with E-state index >= 15 is 0 Å². The number of carbonyl (C=O) groups is 3. The number of carbonyl (C=O) groups excluding carboxylic acids is 3. The fourth-order valence-corrected chi connectivity index (χ4v) is 2.09. The molecule has 94 valence electrons. The van der Waals surface area contributed by atoms with E-state index in [4.69, 9.17) is 0 Å². The lowest BCUT2D eigenvalue weighted by Crippen LogP contribution is -2.62. The largest absolute Gasteiger partial charge is 0.335 e. The number of benzene rings is 1. The van der Waals surface area contributed by atoms with Crippen molar-refractivity contribution in [3.8, 4) is 0 Å². The van der Waals surface area contributed by atoms with E-state index in [0.29, 0.717) is 10.2 Å². The number of hydrogen-bond acceptors (Lipinski definition) is 3. The lowest BCUT2D eigenvalue weighted by molar-refractivity contribution is -0.140. The van der Waals surface area contributed by atoms with Gasteiger partial charge in [0.2, 0.25) is 11.8 Å². The Morgan fingerprint density at radius 1 is 1.17 bits per heavy atom. The lowest BCUT2D eigenvalue weighted by atomic mass is 9.88. The molecule has 1 aliphatic rings. The summed E-state index contributed by atoms with van der Waals surface area (Å²) < 4.78 is 0.610. The average molecular weight is 311 g/mol. The van der Waals surface area contributed by atoms with Gasteiger partial charge in [-0.15, -0.1) is 0 Å². The van der Waals surface area contributed by atoms with Gasteiger partial charge < -0.3 is 0 Å². The van der Waals surface area contributed by atoms with Gasteiger partial charge in [0, 0.05) is 4.47 Å². The Labute approximate surface area is 112 Å². The third kappa shape index (κ3) is 1.82. The van der Waals surface area contributed by atoms with Gasteiger partial charge in [0.15, 0.2) is 0 Å². The Morgan fingerprint density at radius 3 is 2.39 bits per heavy atom. The van der Waals surface area contributed by atoms with Crippen LogP contribution in [0.3, 0.4) is 0 Å². The predicted molar refractivity (Wildman–Crippen MR) is 68.9 cm³/mol. The summed E-state index contributed by atoms with van der Waals surface area (Å²) in [6.45, 7) is 2.97. The second-order valence-corrected chi connectivity index (χ2v) is 5.33. The summed E-state index contributed by atoms with van der Waals surface area (Å²) in [6.07, 6.45) is 0. The first-order chi connectivity index (χ1) is 8.35. The van der Waals surface area contributed by atoms with Gasteiger partial charge in [0.25, 0.3) is 0 Å². The highest BCUT2D eigenvalue weighted by Crippen LogP contribution is 2.32. The standard InChI is InChI=1S/C12H11BrN2O3/c1-12(2)9(16)14-11(18)15(10(12)17)8-6-4-3-5-7(8)13/h3-6H,1-2H3,(H,14,16,18). The molecule has 4 amide bonds. The fourth-order valence-electron chi connectivity index (χ4n) is 1.63. The van der Waals surface area contributed by atoms with Gasteiger partial charge in [0.05, 0.1) is 5.69 Å². The van der Waals surface area contributed by atoms with Gasteiger partial charge in [-0.3, -0.25) is 14.9 Å². The molecule has 0 spiro atoms. The number of hydrogen-bond donors (Lipinski definition) is 1. The summed E-state index contributed by atoms with van der Waals surface area (Å²) in [6, 6.07) is 6.11. The topological polar surface area (TPSA) is 66.5 Å². The van der Waals surface area contributed by atoms with Crippen LogP contribution >= 0.6 is 15.9 Å². The molecule has 0 bridgehead atoms. The molecule has 0 aliphatic carbocycles. The Bertz CT molecular complexity index is 554. The van der Waals surface area contributed by atoms with E-state index in [2.05, 4.69) is 21.2 Å². The van der Waals surface area contributed by atoms with Crippen molar-refractivity contribution in [3.05, 3.63) is 28.7 Å². The predicted octanol–water partition coefficient (Wildman–Crippen LogP) is 2.06. The van der Waals surface area contributed by atoms with Gasteiger partial charge in [-0.05, 0) is 41.9 Å². The summed E-state index contributed by atoms with van der Waals surface area (Å²) in [7, 11) is 0. The van der Waals surface area contributed by atoms with Crippen LogP contribution < -0.4 is 10.2 Å². The molecule has 6 heteroatoms. The third-order valence-electron chi connectivity index (χ3n) is 2.82. The second-order valence-electron chi connectivity index (χ2n) is 4.48. The van der Waals surface area contributed by atoms with Crippen molar-refractivity contribution in [2.24, 2.45) is 5.41 Å². The summed E-state index contributed by atoms with van der Waals surface area (Å²) in [5.41, 5.74) is -0.844.